The van der Waals surface area contributed by atoms with Gasteiger partial charge in [-0.2, -0.15) is 0 Å². The van der Waals surface area contributed by atoms with E-state index in [0.29, 0.717) is 0 Å². The largest absolute Gasteiger partial charge is 0.379 e. The Morgan fingerprint density at radius 1 is 1.15 bits per heavy atom. The zero-order valence-electron chi connectivity index (χ0n) is 12.5. The van der Waals surface area contributed by atoms with E-state index < -0.39 is 5.54 Å². The van der Waals surface area contributed by atoms with Gasteiger partial charge < -0.3 is 15.8 Å². The second-order valence-electron chi connectivity index (χ2n) is 6.13. The van der Waals surface area contributed by atoms with Crippen LogP contribution in [0.2, 0.25) is 0 Å². The van der Waals surface area contributed by atoms with Crippen molar-refractivity contribution in [3.05, 3.63) is 0 Å². The van der Waals surface area contributed by atoms with Crippen LogP contribution in [0.25, 0.3) is 0 Å². The van der Waals surface area contributed by atoms with Gasteiger partial charge in [-0.25, -0.2) is 0 Å². The lowest BCUT2D eigenvalue weighted by atomic mass is 9.82. The van der Waals surface area contributed by atoms with Crippen LogP contribution in [0.4, 0.5) is 0 Å². The summed E-state index contributed by atoms with van der Waals surface area (Å²) < 4.78 is 5.32. The SMILES string of the molecule is NC1(C(=O)NCCCCN2CCOCC2)CCCCC1. The third-order valence-corrected chi connectivity index (χ3v) is 4.49. The Balaban J connectivity index is 1.54. The Labute approximate surface area is 122 Å². The zero-order chi connectivity index (χ0) is 14.3. The second kappa shape index (κ2) is 7.96. The van der Waals surface area contributed by atoms with E-state index in [-0.39, 0.29) is 5.91 Å². The Bertz CT molecular complexity index is 297. The molecule has 0 unspecified atom stereocenters. The summed E-state index contributed by atoms with van der Waals surface area (Å²) >= 11 is 0. The van der Waals surface area contributed by atoms with Crippen molar-refractivity contribution in [2.24, 2.45) is 5.73 Å². The number of hydrogen-bond donors (Lipinski definition) is 2. The fraction of sp³-hybridized carbons (Fsp3) is 0.933. The molecule has 5 heteroatoms. The molecule has 20 heavy (non-hydrogen) atoms. The van der Waals surface area contributed by atoms with Gasteiger partial charge in [0.1, 0.15) is 0 Å². The van der Waals surface area contributed by atoms with Crippen molar-refractivity contribution in [1.82, 2.24) is 10.2 Å². The van der Waals surface area contributed by atoms with Gasteiger partial charge in [-0.3, -0.25) is 9.69 Å². The maximum Gasteiger partial charge on any atom is 0.240 e. The third-order valence-electron chi connectivity index (χ3n) is 4.49. The van der Waals surface area contributed by atoms with Crippen LogP contribution in [0.15, 0.2) is 0 Å². The van der Waals surface area contributed by atoms with Crippen LogP contribution < -0.4 is 11.1 Å². The van der Waals surface area contributed by atoms with Crippen LogP contribution in [-0.4, -0.2) is 55.7 Å². The molecule has 0 spiro atoms. The average Bonchev–Trinajstić information content (AvgIpc) is 2.48. The van der Waals surface area contributed by atoms with Crippen molar-refractivity contribution in [2.45, 2.75) is 50.5 Å². The first-order valence-corrected chi connectivity index (χ1v) is 8.08. The summed E-state index contributed by atoms with van der Waals surface area (Å²) in [6.45, 7) is 5.64. The van der Waals surface area contributed by atoms with E-state index in [1.165, 1.54) is 6.42 Å². The van der Waals surface area contributed by atoms with Crippen LogP contribution in [0.3, 0.4) is 0 Å². The molecule has 1 saturated heterocycles. The minimum atomic E-state index is -0.595. The monoisotopic (exact) mass is 283 g/mol. The molecule has 0 aromatic carbocycles. The van der Waals surface area contributed by atoms with Crippen LogP contribution in [0.1, 0.15) is 44.9 Å². The Kier molecular flexibility index (Phi) is 6.26. The summed E-state index contributed by atoms with van der Waals surface area (Å²) in [6, 6.07) is 0. The molecule has 0 aromatic heterocycles. The van der Waals surface area contributed by atoms with E-state index in [0.717, 1.165) is 77.9 Å². The number of amides is 1. The number of ether oxygens (including phenoxy) is 1. The maximum atomic E-state index is 12.1. The molecule has 1 heterocycles. The number of nitrogens with one attached hydrogen (secondary N) is 1. The predicted molar refractivity (Wildman–Crippen MR) is 79.5 cm³/mol. The number of rotatable bonds is 6. The quantitative estimate of drug-likeness (QED) is 0.710. The molecule has 1 aliphatic carbocycles. The molecule has 3 N–H and O–H groups in total. The molecule has 1 aliphatic heterocycles. The highest BCUT2D eigenvalue weighted by atomic mass is 16.5. The van der Waals surface area contributed by atoms with Crippen molar-refractivity contribution in [2.75, 3.05) is 39.4 Å². The fourth-order valence-corrected chi connectivity index (χ4v) is 3.07. The molecule has 2 fully saturated rings. The molecule has 2 rings (SSSR count). The molecule has 2 aliphatic rings. The van der Waals surface area contributed by atoms with Crippen LogP contribution in [0, 0.1) is 0 Å². The van der Waals surface area contributed by atoms with Crippen LogP contribution in [0.5, 0.6) is 0 Å². The minimum Gasteiger partial charge on any atom is -0.379 e. The first-order valence-electron chi connectivity index (χ1n) is 8.08. The number of hydrogen-bond acceptors (Lipinski definition) is 4. The summed E-state index contributed by atoms with van der Waals surface area (Å²) in [7, 11) is 0. The Morgan fingerprint density at radius 3 is 2.55 bits per heavy atom. The molecular formula is C15H29N3O2. The number of nitrogens with zero attached hydrogens (tertiary/aromatic N) is 1. The van der Waals surface area contributed by atoms with Gasteiger partial charge in [-0.15, -0.1) is 0 Å². The van der Waals surface area contributed by atoms with Crippen molar-refractivity contribution in [3.8, 4) is 0 Å². The van der Waals surface area contributed by atoms with E-state index in [1.807, 2.05) is 0 Å². The molecule has 0 aromatic rings. The highest BCUT2D eigenvalue weighted by Gasteiger charge is 2.34. The Hall–Kier alpha value is -0.650. The van der Waals surface area contributed by atoms with Gasteiger partial charge in [-0.1, -0.05) is 19.3 Å². The normalized spacial score (nSPS) is 23.4. The molecule has 1 saturated carbocycles. The van der Waals surface area contributed by atoms with E-state index in [1.54, 1.807) is 0 Å². The topological polar surface area (TPSA) is 67.6 Å². The summed E-state index contributed by atoms with van der Waals surface area (Å²) in [6.07, 6.45) is 7.21. The van der Waals surface area contributed by atoms with E-state index >= 15 is 0 Å². The fourth-order valence-electron chi connectivity index (χ4n) is 3.07. The van der Waals surface area contributed by atoms with Crippen molar-refractivity contribution in [1.29, 1.82) is 0 Å². The van der Waals surface area contributed by atoms with Gasteiger partial charge in [-0.05, 0) is 32.2 Å². The molecule has 0 bridgehead atoms. The van der Waals surface area contributed by atoms with E-state index in [9.17, 15) is 4.79 Å². The standard InChI is InChI=1S/C15H29N3O2/c16-15(6-2-1-3-7-15)14(19)17-8-4-5-9-18-10-12-20-13-11-18/h1-13,16H2,(H,17,19). The van der Waals surface area contributed by atoms with Crippen molar-refractivity contribution in [3.63, 3.8) is 0 Å². The summed E-state index contributed by atoms with van der Waals surface area (Å²) in [5.41, 5.74) is 5.61. The lowest BCUT2D eigenvalue weighted by molar-refractivity contribution is -0.127. The van der Waals surface area contributed by atoms with Gasteiger partial charge >= 0.3 is 0 Å². The summed E-state index contributed by atoms with van der Waals surface area (Å²) in [4.78, 5) is 14.5. The van der Waals surface area contributed by atoms with Crippen molar-refractivity contribution < 1.29 is 9.53 Å². The zero-order valence-corrected chi connectivity index (χ0v) is 12.5. The molecule has 1 amide bonds. The molecule has 116 valence electrons. The predicted octanol–water partition coefficient (Wildman–Crippen LogP) is 0.877. The molecule has 0 radical (unpaired) electrons. The first-order chi connectivity index (χ1) is 9.71. The number of morpholine rings is 1. The van der Waals surface area contributed by atoms with Gasteiger partial charge in [0.25, 0.3) is 0 Å². The van der Waals surface area contributed by atoms with Gasteiger partial charge in [0.05, 0.1) is 18.8 Å². The minimum absolute atomic E-state index is 0.0589. The molecule has 5 nitrogen and oxygen atoms in total. The third kappa shape index (κ3) is 4.72. The van der Waals surface area contributed by atoms with Gasteiger partial charge in [0.15, 0.2) is 0 Å². The van der Waals surface area contributed by atoms with Crippen LogP contribution >= 0.6 is 0 Å². The average molecular weight is 283 g/mol. The highest BCUT2D eigenvalue weighted by Crippen LogP contribution is 2.25. The van der Waals surface area contributed by atoms with E-state index in [4.69, 9.17) is 10.5 Å². The summed E-state index contributed by atoms with van der Waals surface area (Å²) in [5, 5.41) is 3.02. The smallest absolute Gasteiger partial charge is 0.240 e. The number of unbranched alkanes of at least 4 members (excludes halogenated alkanes) is 1. The van der Waals surface area contributed by atoms with Crippen molar-refractivity contribution >= 4 is 5.91 Å². The lowest BCUT2D eigenvalue weighted by Gasteiger charge is -2.31. The van der Waals surface area contributed by atoms with Gasteiger partial charge in [0.2, 0.25) is 5.91 Å². The Morgan fingerprint density at radius 2 is 1.85 bits per heavy atom. The molecular weight excluding hydrogens is 254 g/mol. The number of carbonyl (C=O) groups excluding carboxylic acids is 1. The maximum absolute atomic E-state index is 12.1. The van der Waals surface area contributed by atoms with E-state index in [2.05, 4.69) is 10.2 Å². The number of nitrogens with two attached hydrogens (primary N) is 1. The number of carbonyl (C=O) groups is 1. The first kappa shape index (κ1) is 15.7. The van der Waals surface area contributed by atoms with Crippen LogP contribution in [-0.2, 0) is 9.53 Å². The lowest BCUT2D eigenvalue weighted by Crippen LogP contribution is -2.55. The molecule has 0 atom stereocenters. The second-order valence-corrected chi connectivity index (χ2v) is 6.13. The van der Waals surface area contributed by atoms with Gasteiger partial charge in [0, 0.05) is 19.6 Å². The highest BCUT2D eigenvalue weighted by molar-refractivity contribution is 5.86. The summed E-state index contributed by atoms with van der Waals surface area (Å²) in [5.74, 6) is 0.0589.